The Bertz CT molecular complexity index is 263. The van der Waals surface area contributed by atoms with E-state index in [9.17, 15) is 0 Å². The third kappa shape index (κ3) is 10.7. The summed E-state index contributed by atoms with van der Waals surface area (Å²) in [6, 6.07) is 0. The molecule has 0 amide bonds. The molecule has 0 aromatic carbocycles. The first-order valence-corrected chi connectivity index (χ1v) is 7.49. The number of likely N-dealkylation sites (N-methyl/N-ethyl adjacent to an activating group) is 1. The maximum absolute atomic E-state index is 4.68. The highest BCUT2D eigenvalue weighted by molar-refractivity contribution is 14.0. The van der Waals surface area contributed by atoms with Crippen molar-refractivity contribution in [2.45, 2.75) is 53.0 Å². The van der Waals surface area contributed by atoms with E-state index in [1.54, 1.807) is 0 Å². The van der Waals surface area contributed by atoms with Gasteiger partial charge >= 0.3 is 0 Å². The molecular formula is C15H35IN4. The number of rotatable bonds is 8. The van der Waals surface area contributed by atoms with Gasteiger partial charge in [0.2, 0.25) is 0 Å². The fraction of sp³-hybridized carbons (Fsp3) is 0.933. The molecule has 0 heterocycles. The molecule has 0 aromatic rings. The first-order chi connectivity index (χ1) is 8.79. The Morgan fingerprint density at radius 2 is 1.80 bits per heavy atom. The molecule has 20 heavy (non-hydrogen) atoms. The summed E-state index contributed by atoms with van der Waals surface area (Å²) < 4.78 is 0. The van der Waals surface area contributed by atoms with E-state index in [-0.39, 0.29) is 29.5 Å². The van der Waals surface area contributed by atoms with Gasteiger partial charge in [-0.3, -0.25) is 4.99 Å². The number of nitrogens with zero attached hydrogens (tertiary/aromatic N) is 2. The Morgan fingerprint density at radius 1 is 1.20 bits per heavy atom. The highest BCUT2D eigenvalue weighted by Gasteiger charge is 2.19. The number of halogens is 1. The van der Waals surface area contributed by atoms with E-state index >= 15 is 0 Å². The summed E-state index contributed by atoms with van der Waals surface area (Å²) in [5.41, 5.74) is 0.0836. The van der Waals surface area contributed by atoms with Crippen LogP contribution in [0.2, 0.25) is 0 Å². The quantitative estimate of drug-likeness (QED) is 0.286. The van der Waals surface area contributed by atoms with Gasteiger partial charge in [-0.15, -0.1) is 24.0 Å². The van der Waals surface area contributed by atoms with Crippen LogP contribution in [-0.2, 0) is 0 Å². The highest BCUT2D eigenvalue weighted by Crippen LogP contribution is 2.09. The Labute approximate surface area is 143 Å². The van der Waals surface area contributed by atoms with Gasteiger partial charge in [-0.2, -0.15) is 0 Å². The molecule has 2 N–H and O–H groups in total. The van der Waals surface area contributed by atoms with Gasteiger partial charge in [-0.25, -0.2) is 0 Å². The lowest BCUT2D eigenvalue weighted by molar-refractivity contribution is 0.204. The molecule has 122 valence electrons. The first-order valence-electron chi connectivity index (χ1n) is 7.49. The predicted molar refractivity (Wildman–Crippen MR) is 101 cm³/mol. The smallest absolute Gasteiger partial charge is 0.191 e. The summed E-state index contributed by atoms with van der Waals surface area (Å²) in [5.74, 6) is 1.70. The highest BCUT2D eigenvalue weighted by atomic mass is 127. The van der Waals surface area contributed by atoms with Crippen LogP contribution >= 0.6 is 24.0 Å². The van der Waals surface area contributed by atoms with Crippen molar-refractivity contribution in [3.8, 4) is 0 Å². The fourth-order valence-corrected chi connectivity index (χ4v) is 1.47. The minimum atomic E-state index is 0. The van der Waals surface area contributed by atoms with Crippen LogP contribution in [0, 0.1) is 5.92 Å². The van der Waals surface area contributed by atoms with Crippen LogP contribution in [0.5, 0.6) is 0 Å². The molecule has 0 saturated carbocycles. The SMILES string of the molecule is CCNC(=NCC(C)(C)N(C)C)NCCCC(C)C.I. The molecule has 0 aliphatic rings. The zero-order valence-electron chi connectivity index (χ0n) is 14.4. The molecule has 4 nitrogen and oxygen atoms in total. The summed E-state index contributed by atoms with van der Waals surface area (Å²) in [6.07, 6.45) is 2.45. The molecule has 0 unspecified atom stereocenters. The first kappa shape index (κ1) is 22.2. The standard InChI is InChI=1S/C15H34N4.HI/c1-8-16-14(17-11-9-10-13(2)3)18-12-15(4,5)19(6)7;/h13H,8-12H2,1-7H3,(H2,16,17,18);1H. The molecule has 0 aliphatic carbocycles. The Hall–Kier alpha value is -0.0400. The Balaban J connectivity index is 0. The lowest BCUT2D eigenvalue weighted by Gasteiger charge is -2.31. The molecule has 0 atom stereocenters. The van der Waals surface area contributed by atoms with Gasteiger partial charge in [-0.05, 0) is 53.6 Å². The average Bonchev–Trinajstić information content (AvgIpc) is 2.31. The minimum absolute atomic E-state index is 0. The van der Waals surface area contributed by atoms with Crippen LogP contribution in [0.4, 0.5) is 0 Å². The molecule has 0 spiro atoms. The Morgan fingerprint density at radius 3 is 2.25 bits per heavy atom. The van der Waals surface area contributed by atoms with E-state index in [0.29, 0.717) is 0 Å². The van der Waals surface area contributed by atoms with Crippen LogP contribution in [0.25, 0.3) is 0 Å². The lowest BCUT2D eigenvalue weighted by Crippen LogP contribution is -2.44. The number of aliphatic imine (C=N–C) groups is 1. The zero-order valence-corrected chi connectivity index (χ0v) is 16.7. The van der Waals surface area contributed by atoms with E-state index in [2.05, 4.69) is 69.2 Å². The van der Waals surface area contributed by atoms with Crippen molar-refractivity contribution >= 4 is 29.9 Å². The minimum Gasteiger partial charge on any atom is -0.357 e. The van der Waals surface area contributed by atoms with Crippen molar-refractivity contribution in [2.24, 2.45) is 10.9 Å². The fourth-order valence-electron chi connectivity index (χ4n) is 1.47. The van der Waals surface area contributed by atoms with Crippen molar-refractivity contribution in [1.29, 1.82) is 0 Å². The molecular weight excluding hydrogens is 363 g/mol. The van der Waals surface area contributed by atoms with Crippen LogP contribution in [-0.4, -0.2) is 50.1 Å². The third-order valence-electron chi connectivity index (χ3n) is 3.43. The molecule has 0 radical (unpaired) electrons. The average molecular weight is 398 g/mol. The lowest BCUT2D eigenvalue weighted by atomic mass is 10.1. The van der Waals surface area contributed by atoms with Gasteiger partial charge in [0.1, 0.15) is 0 Å². The largest absolute Gasteiger partial charge is 0.357 e. The molecule has 5 heteroatoms. The summed E-state index contributed by atoms with van der Waals surface area (Å²) in [6.45, 7) is 13.7. The van der Waals surface area contributed by atoms with Crippen molar-refractivity contribution in [3.63, 3.8) is 0 Å². The number of hydrogen-bond donors (Lipinski definition) is 2. The van der Waals surface area contributed by atoms with Gasteiger partial charge in [0.25, 0.3) is 0 Å². The van der Waals surface area contributed by atoms with E-state index in [0.717, 1.165) is 31.5 Å². The normalized spacial score (nSPS) is 12.6. The summed E-state index contributed by atoms with van der Waals surface area (Å²) >= 11 is 0. The van der Waals surface area contributed by atoms with Crippen LogP contribution in [0.1, 0.15) is 47.5 Å². The summed E-state index contributed by atoms with van der Waals surface area (Å²) in [4.78, 5) is 6.88. The number of nitrogens with one attached hydrogen (secondary N) is 2. The second-order valence-electron chi connectivity index (χ2n) is 6.36. The second-order valence-corrected chi connectivity index (χ2v) is 6.36. The molecule has 0 aromatic heterocycles. The maximum Gasteiger partial charge on any atom is 0.191 e. The zero-order chi connectivity index (χ0) is 14.9. The molecule has 0 saturated heterocycles. The van der Waals surface area contributed by atoms with Gasteiger partial charge in [-0.1, -0.05) is 13.8 Å². The Kier molecular flexibility index (Phi) is 12.9. The van der Waals surface area contributed by atoms with Gasteiger partial charge in [0.15, 0.2) is 5.96 Å². The molecule has 0 aliphatic heterocycles. The van der Waals surface area contributed by atoms with Crippen molar-refractivity contribution < 1.29 is 0 Å². The molecule has 0 bridgehead atoms. The van der Waals surface area contributed by atoms with Crippen LogP contribution in [0.3, 0.4) is 0 Å². The van der Waals surface area contributed by atoms with Gasteiger partial charge in [0, 0.05) is 18.6 Å². The van der Waals surface area contributed by atoms with Crippen LogP contribution < -0.4 is 10.6 Å². The van der Waals surface area contributed by atoms with E-state index in [1.807, 2.05) is 0 Å². The predicted octanol–water partition coefficient (Wildman–Crippen LogP) is 2.94. The van der Waals surface area contributed by atoms with E-state index in [1.165, 1.54) is 12.8 Å². The third-order valence-corrected chi connectivity index (χ3v) is 3.43. The summed E-state index contributed by atoms with van der Waals surface area (Å²) in [7, 11) is 4.19. The summed E-state index contributed by atoms with van der Waals surface area (Å²) in [5, 5.41) is 6.71. The molecule has 0 fully saturated rings. The number of guanidine groups is 1. The number of hydrogen-bond acceptors (Lipinski definition) is 2. The van der Waals surface area contributed by atoms with Gasteiger partial charge in [0.05, 0.1) is 6.54 Å². The van der Waals surface area contributed by atoms with E-state index in [4.69, 9.17) is 0 Å². The van der Waals surface area contributed by atoms with Gasteiger partial charge < -0.3 is 15.5 Å². The van der Waals surface area contributed by atoms with Crippen molar-refractivity contribution in [1.82, 2.24) is 15.5 Å². The topological polar surface area (TPSA) is 39.7 Å². The van der Waals surface area contributed by atoms with E-state index < -0.39 is 0 Å². The molecule has 0 rings (SSSR count). The second kappa shape index (κ2) is 11.6. The monoisotopic (exact) mass is 398 g/mol. The van der Waals surface area contributed by atoms with Crippen molar-refractivity contribution in [2.75, 3.05) is 33.7 Å². The van der Waals surface area contributed by atoms with Crippen LogP contribution in [0.15, 0.2) is 4.99 Å². The maximum atomic E-state index is 4.68. The van der Waals surface area contributed by atoms with Crippen molar-refractivity contribution in [3.05, 3.63) is 0 Å².